The molecule has 4 nitrogen and oxygen atoms in total. The first-order valence-electron chi connectivity index (χ1n) is 7.77. The third-order valence-corrected chi connectivity index (χ3v) is 3.89. The number of nitrogens with one attached hydrogen (secondary N) is 2. The summed E-state index contributed by atoms with van der Waals surface area (Å²) in [5, 5.41) is 5.95. The Balaban J connectivity index is 2.51. The molecule has 0 aliphatic heterocycles. The van der Waals surface area contributed by atoms with Crippen molar-refractivity contribution in [2.75, 3.05) is 6.61 Å². The van der Waals surface area contributed by atoms with E-state index in [1.54, 1.807) is 0 Å². The van der Waals surface area contributed by atoms with Crippen LogP contribution in [0.5, 0.6) is 5.75 Å². The van der Waals surface area contributed by atoms with E-state index in [4.69, 9.17) is 4.74 Å². The molecule has 0 saturated heterocycles. The minimum atomic E-state index is -0.121. The fourth-order valence-electron chi connectivity index (χ4n) is 2.04. The van der Waals surface area contributed by atoms with Crippen molar-refractivity contribution in [3.8, 4) is 5.75 Å². The lowest BCUT2D eigenvalue weighted by Gasteiger charge is -2.22. The van der Waals surface area contributed by atoms with Crippen molar-refractivity contribution in [2.45, 2.75) is 53.1 Å². The van der Waals surface area contributed by atoms with E-state index < -0.39 is 0 Å². The summed E-state index contributed by atoms with van der Waals surface area (Å²) in [5.74, 6) is 1.32. The first-order valence-corrected chi connectivity index (χ1v) is 7.77. The van der Waals surface area contributed by atoms with Gasteiger partial charge in [0.25, 0.3) is 0 Å². The molecule has 0 fully saturated rings. The second-order valence-corrected chi connectivity index (χ2v) is 5.52. The van der Waals surface area contributed by atoms with E-state index in [0.717, 1.165) is 17.7 Å². The van der Waals surface area contributed by atoms with Crippen LogP contribution in [0.4, 0.5) is 4.79 Å². The highest BCUT2D eigenvalue weighted by atomic mass is 16.5. The maximum absolute atomic E-state index is 12.0. The number of hydrogen-bond acceptors (Lipinski definition) is 2. The van der Waals surface area contributed by atoms with Gasteiger partial charge in [-0.1, -0.05) is 32.4 Å². The van der Waals surface area contributed by atoms with E-state index in [2.05, 4.69) is 24.5 Å². The lowest BCUT2D eigenvalue weighted by molar-refractivity contribution is 0.230. The van der Waals surface area contributed by atoms with E-state index in [1.807, 2.05) is 45.0 Å². The monoisotopic (exact) mass is 292 g/mol. The molecule has 0 aliphatic rings. The summed E-state index contributed by atoms with van der Waals surface area (Å²) in [6.07, 6.45) is 1.05. The molecule has 1 aromatic rings. The van der Waals surface area contributed by atoms with Gasteiger partial charge in [0, 0.05) is 6.04 Å². The average Bonchev–Trinajstić information content (AvgIpc) is 2.47. The van der Waals surface area contributed by atoms with E-state index in [1.165, 1.54) is 0 Å². The normalized spacial score (nSPS) is 14.9. The Morgan fingerprint density at radius 2 is 1.71 bits per heavy atom. The number of urea groups is 1. The molecule has 0 heterocycles. The van der Waals surface area contributed by atoms with Crippen LogP contribution < -0.4 is 15.4 Å². The van der Waals surface area contributed by atoms with E-state index in [0.29, 0.717) is 12.5 Å². The van der Waals surface area contributed by atoms with Gasteiger partial charge < -0.3 is 15.4 Å². The number of hydrogen-bond donors (Lipinski definition) is 2. The molecule has 3 unspecified atom stereocenters. The highest BCUT2D eigenvalue weighted by Crippen LogP contribution is 2.17. The molecule has 2 amide bonds. The largest absolute Gasteiger partial charge is 0.494 e. The lowest BCUT2D eigenvalue weighted by atomic mass is 10.0. The standard InChI is InChI=1S/C17H28N2O2/c1-6-12(3)13(4)18-17(20)19-14(5)15-8-10-16(11-9-15)21-7-2/h8-14H,6-7H2,1-5H3,(H2,18,19,20). The van der Waals surface area contributed by atoms with Crippen LogP contribution in [-0.4, -0.2) is 18.7 Å². The van der Waals surface area contributed by atoms with Crippen LogP contribution in [0.15, 0.2) is 24.3 Å². The molecule has 1 rings (SSSR count). The third kappa shape index (κ3) is 5.66. The van der Waals surface area contributed by atoms with Gasteiger partial charge in [-0.05, 0) is 44.4 Å². The van der Waals surface area contributed by atoms with Gasteiger partial charge in [0.15, 0.2) is 0 Å². The predicted molar refractivity (Wildman–Crippen MR) is 86.6 cm³/mol. The zero-order valence-corrected chi connectivity index (χ0v) is 13.8. The topological polar surface area (TPSA) is 50.4 Å². The van der Waals surface area contributed by atoms with Gasteiger partial charge in [0.05, 0.1) is 12.6 Å². The molecular formula is C17H28N2O2. The van der Waals surface area contributed by atoms with Crippen LogP contribution >= 0.6 is 0 Å². The molecule has 2 N–H and O–H groups in total. The van der Waals surface area contributed by atoms with Crippen LogP contribution in [0.2, 0.25) is 0 Å². The number of ether oxygens (including phenoxy) is 1. The predicted octanol–water partition coefficient (Wildman–Crippen LogP) is 3.88. The number of rotatable bonds is 7. The summed E-state index contributed by atoms with van der Waals surface area (Å²) < 4.78 is 5.41. The molecule has 3 atom stereocenters. The van der Waals surface area contributed by atoms with Crippen molar-refractivity contribution in [1.82, 2.24) is 10.6 Å². The molecule has 0 radical (unpaired) electrons. The van der Waals surface area contributed by atoms with Crippen molar-refractivity contribution in [3.05, 3.63) is 29.8 Å². The summed E-state index contributed by atoms with van der Waals surface area (Å²) in [5.41, 5.74) is 1.06. The van der Waals surface area contributed by atoms with E-state index >= 15 is 0 Å². The second kappa shape index (κ2) is 8.55. The minimum Gasteiger partial charge on any atom is -0.494 e. The Morgan fingerprint density at radius 3 is 2.24 bits per heavy atom. The molecule has 1 aromatic carbocycles. The molecule has 118 valence electrons. The molecule has 0 saturated carbocycles. The molecule has 4 heteroatoms. The van der Waals surface area contributed by atoms with Crippen molar-refractivity contribution >= 4 is 6.03 Å². The Hall–Kier alpha value is -1.71. The SMILES string of the molecule is CCOc1ccc(C(C)NC(=O)NC(C)C(C)CC)cc1. The number of amides is 2. The minimum absolute atomic E-state index is 0.0372. The van der Waals surface area contributed by atoms with Crippen LogP contribution in [0.25, 0.3) is 0 Å². The van der Waals surface area contributed by atoms with Gasteiger partial charge in [0.2, 0.25) is 0 Å². The van der Waals surface area contributed by atoms with Crippen molar-refractivity contribution < 1.29 is 9.53 Å². The van der Waals surface area contributed by atoms with Crippen LogP contribution in [0, 0.1) is 5.92 Å². The molecule has 0 bridgehead atoms. The van der Waals surface area contributed by atoms with Crippen molar-refractivity contribution in [1.29, 1.82) is 0 Å². The quantitative estimate of drug-likeness (QED) is 0.801. The zero-order valence-electron chi connectivity index (χ0n) is 13.8. The summed E-state index contributed by atoms with van der Waals surface area (Å²) in [4.78, 5) is 12.0. The van der Waals surface area contributed by atoms with Gasteiger partial charge >= 0.3 is 6.03 Å². The highest BCUT2D eigenvalue weighted by molar-refractivity contribution is 5.74. The van der Waals surface area contributed by atoms with Gasteiger partial charge in [-0.2, -0.15) is 0 Å². The fraction of sp³-hybridized carbons (Fsp3) is 0.588. The van der Waals surface area contributed by atoms with E-state index in [9.17, 15) is 4.79 Å². The zero-order chi connectivity index (χ0) is 15.8. The van der Waals surface area contributed by atoms with Crippen molar-refractivity contribution in [3.63, 3.8) is 0 Å². The van der Waals surface area contributed by atoms with E-state index in [-0.39, 0.29) is 18.1 Å². The fourth-order valence-corrected chi connectivity index (χ4v) is 2.04. The van der Waals surface area contributed by atoms with Gasteiger partial charge in [0.1, 0.15) is 5.75 Å². The molecule has 0 spiro atoms. The Bertz CT molecular complexity index is 431. The second-order valence-electron chi connectivity index (χ2n) is 5.52. The van der Waals surface area contributed by atoms with Gasteiger partial charge in [-0.3, -0.25) is 0 Å². The Labute approximate surface area is 128 Å². The summed E-state index contributed by atoms with van der Waals surface area (Å²) >= 11 is 0. The van der Waals surface area contributed by atoms with Crippen molar-refractivity contribution in [2.24, 2.45) is 5.92 Å². The first kappa shape index (κ1) is 17.3. The molecule has 0 aliphatic carbocycles. The van der Waals surface area contributed by atoms with Crippen LogP contribution in [-0.2, 0) is 0 Å². The maximum atomic E-state index is 12.0. The van der Waals surface area contributed by atoms with Gasteiger partial charge in [-0.15, -0.1) is 0 Å². The third-order valence-electron chi connectivity index (χ3n) is 3.89. The maximum Gasteiger partial charge on any atom is 0.315 e. The molecule has 0 aromatic heterocycles. The average molecular weight is 292 g/mol. The molecule has 21 heavy (non-hydrogen) atoms. The lowest BCUT2D eigenvalue weighted by Crippen LogP contribution is -2.44. The number of benzene rings is 1. The Morgan fingerprint density at radius 1 is 1.10 bits per heavy atom. The number of carbonyl (C=O) groups is 1. The smallest absolute Gasteiger partial charge is 0.315 e. The Kier molecular flexibility index (Phi) is 7.06. The summed E-state index contributed by atoms with van der Waals surface area (Å²) in [7, 11) is 0. The summed E-state index contributed by atoms with van der Waals surface area (Å²) in [6.45, 7) is 10.9. The molecular weight excluding hydrogens is 264 g/mol. The summed E-state index contributed by atoms with van der Waals surface area (Å²) in [6, 6.07) is 7.83. The van der Waals surface area contributed by atoms with Gasteiger partial charge in [-0.25, -0.2) is 4.79 Å². The highest BCUT2D eigenvalue weighted by Gasteiger charge is 2.15. The van der Waals surface area contributed by atoms with Crippen LogP contribution in [0.3, 0.4) is 0 Å². The number of carbonyl (C=O) groups excluding carboxylic acids is 1. The first-order chi connectivity index (χ1) is 9.97. The van der Waals surface area contributed by atoms with Crippen LogP contribution in [0.1, 0.15) is 52.6 Å².